The van der Waals surface area contributed by atoms with Crippen molar-refractivity contribution >= 4 is 29.4 Å². The fourth-order valence-electron chi connectivity index (χ4n) is 2.94. The normalized spacial score (nSPS) is 14.2. The van der Waals surface area contributed by atoms with Crippen LogP contribution in [0.4, 0.5) is 0 Å². The molecule has 2 aromatic heterocycles. The van der Waals surface area contributed by atoms with E-state index in [9.17, 15) is 9.59 Å². The molecule has 148 valence electrons. The number of Topliss-reactive ketones (excluding diaryl/α,β-unsaturated/α-hetero) is 1. The van der Waals surface area contributed by atoms with Gasteiger partial charge in [-0.3, -0.25) is 9.59 Å². The zero-order chi connectivity index (χ0) is 20.5. The molecule has 0 saturated carbocycles. The summed E-state index contributed by atoms with van der Waals surface area (Å²) >= 11 is 5.68. The van der Waals surface area contributed by atoms with Gasteiger partial charge < -0.3 is 18.4 Å². The van der Waals surface area contributed by atoms with Crippen LogP contribution in [0.15, 0.2) is 45.0 Å². The molecular weight excluding hydrogens is 398 g/mol. The van der Waals surface area contributed by atoms with Crippen LogP contribution in [-0.2, 0) is 11.2 Å². The van der Waals surface area contributed by atoms with Gasteiger partial charge in [0.25, 0.3) is 0 Å². The lowest BCUT2D eigenvalue weighted by Crippen LogP contribution is -2.10. The van der Waals surface area contributed by atoms with Gasteiger partial charge in [0.1, 0.15) is 28.8 Å². The molecule has 7 nitrogen and oxygen atoms in total. The van der Waals surface area contributed by atoms with Crippen LogP contribution in [-0.4, -0.2) is 16.9 Å². The van der Waals surface area contributed by atoms with E-state index in [2.05, 4.69) is 5.16 Å². The van der Waals surface area contributed by atoms with Crippen molar-refractivity contribution in [1.82, 2.24) is 5.16 Å². The van der Waals surface area contributed by atoms with Gasteiger partial charge >= 0.3 is 5.97 Å². The van der Waals surface area contributed by atoms with Crippen LogP contribution in [0.5, 0.6) is 11.5 Å². The highest BCUT2D eigenvalue weighted by molar-refractivity contribution is 6.29. The zero-order valence-corrected chi connectivity index (χ0v) is 16.4. The summed E-state index contributed by atoms with van der Waals surface area (Å²) in [5.74, 6) is 1.90. The van der Waals surface area contributed by atoms with Gasteiger partial charge in [0, 0.05) is 24.1 Å². The first-order valence-corrected chi connectivity index (χ1v) is 9.24. The highest BCUT2D eigenvalue weighted by Crippen LogP contribution is 2.39. The van der Waals surface area contributed by atoms with E-state index in [-0.39, 0.29) is 23.1 Å². The standard InChI is InChI=1S/C21H16ClNO6/c1-11-3-4-13(26-11)9-17-20(25)15-6-7-16(12(2)21(15)28-17)27-19(24)8-5-14-10-18(22)23-29-14/h3-4,6-7,9-10H,5,8H2,1-2H3/b17-9-. The van der Waals surface area contributed by atoms with Crippen LogP contribution in [0.25, 0.3) is 6.08 Å². The van der Waals surface area contributed by atoms with E-state index in [1.54, 1.807) is 43.3 Å². The lowest BCUT2D eigenvalue weighted by molar-refractivity contribution is -0.134. The van der Waals surface area contributed by atoms with Gasteiger partial charge in [-0.1, -0.05) is 16.8 Å². The number of benzene rings is 1. The molecule has 0 unspecified atom stereocenters. The van der Waals surface area contributed by atoms with Gasteiger partial charge in [-0.15, -0.1) is 0 Å². The number of esters is 1. The minimum Gasteiger partial charge on any atom is -0.462 e. The predicted octanol–water partition coefficient (Wildman–Crippen LogP) is 4.69. The maximum absolute atomic E-state index is 12.6. The molecule has 4 rings (SSSR count). The van der Waals surface area contributed by atoms with Crippen molar-refractivity contribution in [3.05, 3.63) is 69.7 Å². The number of nitrogens with zero attached hydrogens (tertiary/aromatic N) is 1. The Kier molecular flexibility index (Phi) is 4.98. The van der Waals surface area contributed by atoms with E-state index in [1.807, 2.05) is 6.92 Å². The van der Waals surface area contributed by atoms with E-state index in [1.165, 1.54) is 0 Å². The van der Waals surface area contributed by atoms with Crippen molar-refractivity contribution in [2.75, 3.05) is 0 Å². The average Bonchev–Trinajstić information content (AvgIpc) is 3.37. The first-order valence-electron chi connectivity index (χ1n) is 8.87. The molecular formula is C21H16ClNO6. The van der Waals surface area contributed by atoms with E-state index < -0.39 is 5.97 Å². The molecule has 1 aromatic carbocycles. The molecule has 8 heteroatoms. The Morgan fingerprint density at radius 2 is 2.07 bits per heavy atom. The lowest BCUT2D eigenvalue weighted by Gasteiger charge is -2.09. The number of allylic oxidation sites excluding steroid dienone is 1. The second-order valence-electron chi connectivity index (χ2n) is 6.54. The molecule has 0 N–H and O–H groups in total. The smallest absolute Gasteiger partial charge is 0.311 e. The topological polar surface area (TPSA) is 91.8 Å². The molecule has 3 aromatic rings. The summed E-state index contributed by atoms with van der Waals surface area (Å²) in [5.41, 5.74) is 0.971. The third-order valence-electron chi connectivity index (χ3n) is 4.40. The number of halogens is 1. The Morgan fingerprint density at radius 1 is 1.24 bits per heavy atom. The minimum atomic E-state index is -0.452. The van der Waals surface area contributed by atoms with Gasteiger partial charge in [-0.05, 0) is 38.1 Å². The SMILES string of the molecule is Cc1ccc(/C=C2\Oc3c(ccc(OC(=O)CCc4cc(Cl)no4)c3C)C2=O)o1. The highest BCUT2D eigenvalue weighted by atomic mass is 35.5. The molecule has 0 amide bonds. The van der Waals surface area contributed by atoms with E-state index >= 15 is 0 Å². The van der Waals surface area contributed by atoms with Gasteiger partial charge in [0.2, 0.25) is 5.78 Å². The zero-order valence-electron chi connectivity index (χ0n) is 15.7. The Morgan fingerprint density at radius 3 is 2.76 bits per heavy atom. The number of carbonyl (C=O) groups excluding carboxylic acids is 2. The molecule has 0 aliphatic carbocycles. The first kappa shape index (κ1) is 19.0. The monoisotopic (exact) mass is 413 g/mol. The summed E-state index contributed by atoms with van der Waals surface area (Å²) in [4.78, 5) is 24.8. The number of aromatic nitrogens is 1. The van der Waals surface area contributed by atoms with E-state index in [0.29, 0.717) is 40.6 Å². The fraction of sp³-hybridized carbons (Fsp3) is 0.190. The summed E-state index contributed by atoms with van der Waals surface area (Å²) < 4.78 is 21.6. The number of ketones is 1. The molecule has 0 radical (unpaired) electrons. The van der Waals surface area contributed by atoms with E-state index in [0.717, 1.165) is 5.76 Å². The van der Waals surface area contributed by atoms with Crippen molar-refractivity contribution in [1.29, 1.82) is 0 Å². The number of rotatable bonds is 5. The molecule has 1 aliphatic heterocycles. The van der Waals surface area contributed by atoms with Crippen LogP contribution >= 0.6 is 11.6 Å². The van der Waals surface area contributed by atoms with Crippen molar-refractivity contribution in [3.63, 3.8) is 0 Å². The molecule has 1 aliphatic rings. The van der Waals surface area contributed by atoms with Crippen molar-refractivity contribution in [2.24, 2.45) is 0 Å². The Bertz CT molecular complexity index is 1140. The fourth-order valence-corrected chi connectivity index (χ4v) is 3.10. The Balaban J connectivity index is 1.48. The second-order valence-corrected chi connectivity index (χ2v) is 6.93. The Labute approximate surface area is 170 Å². The van der Waals surface area contributed by atoms with Gasteiger partial charge in [0.05, 0.1) is 12.0 Å². The maximum atomic E-state index is 12.6. The number of hydrogen-bond acceptors (Lipinski definition) is 7. The van der Waals surface area contributed by atoms with Crippen LogP contribution in [0.2, 0.25) is 5.15 Å². The van der Waals surface area contributed by atoms with Crippen LogP contribution < -0.4 is 9.47 Å². The average molecular weight is 414 g/mol. The lowest BCUT2D eigenvalue weighted by atomic mass is 10.1. The van der Waals surface area contributed by atoms with Crippen LogP contribution in [0.3, 0.4) is 0 Å². The Hall–Kier alpha value is -3.32. The van der Waals surface area contributed by atoms with Crippen molar-refractivity contribution in [3.8, 4) is 11.5 Å². The molecule has 0 atom stereocenters. The molecule has 0 bridgehead atoms. The number of hydrogen-bond donors (Lipinski definition) is 0. The molecule has 0 spiro atoms. The number of ether oxygens (including phenoxy) is 2. The van der Waals surface area contributed by atoms with E-state index in [4.69, 9.17) is 30.0 Å². The summed E-state index contributed by atoms with van der Waals surface area (Å²) in [6.45, 7) is 3.54. The minimum absolute atomic E-state index is 0.0881. The number of aryl methyl sites for hydroxylation is 2. The maximum Gasteiger partial charge on any atom is 0.311 e. The highest BCUT2D eigenvalue weighted by Gasteiger charge is 2.30. The number of fused-ring (bicyclic) bond motifs is 1. The third kappa shape index (κ3) is 3.95. The van der Waals surface area contributed by atoms with Crippen molar-refractivity contribution in [2.45, 2.75) is 26.7 Å². The number of furan rings is 1. The van der Waals surface area contributed by atoms with Gasteiger partial charge in [-0.2, -0.15) is 0 Å². The summed E-state index contributed by atoms with van der Waals surface area (Å²) in [7, 11) is 0. The molecule has 0 fully saturated rings. The molecule has 0 saturated heterocycles. The molecule has 29 heavy (non-hydrogen) atoms. The van der Waals surface area contributed by atoms with Gasteiger partial charge in [0.15, 0.2) is 10.9 Å². The van der Waals surface area contributed by atoms with Crippen molar-refractivity contribution < 1.29 is 28.0 Å². The van der Waals surface area contributed by atoms with Crippen LogP contribution in [0, 0.1) is 13.8 Å². The second kappa shape index (κ2) is 7.60. The quantitative estimate of drug-likeness (QED) is 0.340. The first-order chi connectivity index (χ1) is 13.9. The predicted molar refractivity (Wildman–Crippen MR) is 103 cm³/mol. The van der Waals surface area contributed by atoms with Gasteiger partial charge in [-0.25, -0.2) is 0 Å². The molecule has 3 heterocycles. The summed E-state index contributed by atoms with van der Waals surface area (Å²) in [6, 6.07) is 8.26. The number of carbonyl (C=O) groups is 2. The van der Waals surface area contributed by atoms with Crippen LogP contribution in [0.1, 0.15) is 39.6 Å². The third-order valence-corrected chi connectivity index (χ3v) is 4.58. The summed E-state index contributed by atoms with van der Waals surface area (Å²) in [6.07, 6.45) is 1.95. The summed E-state index contributed by atoms with van der Waals surface area (Å²) in [5, 5.41) is 3.79. The largest absolute Gasteiger partial charge is 0.462 e.